The predicted molar refractivity (Wildman–Crippen MR) is 77.5 cm³/mol. The number of phenolic OH excluding ortho intramolecular Hbond substituents is 2. The first kappa shape index (κ1) is 16.3. The van der Waals surface area contributed by atoms with Gasteiger partial charge in [0.25, 0.3) is 0 Å². The molecule has 1 aromatic rings. The summed E-state index contributed by atoms with van der Waals surface area (Å²) in [6.45, 7) is 1.76. The number of hydrogen-bond acceptors (Lipinski definition) is 6. The van der Waals surface area contributed by atoms with Crippen LogP contribution in [0, 0.1) is 0 Å². The molecule has 1 fully saturated rings. The molecule has 0 bridgehead atoms. The maximum atomic E-state index is 11.8. The highest BCUT2D eigenvalue weighted by Crippen LogP contribution is 2.25. The molecule has 1 saturated heterocycles. The average molecular weight is 311 g/mol. The zero-order valence-electron chi connectivity index (χ0n) is 12.0. The van der Waals surface area contributed by atoms with Crippen LogP contribution in [0.3, 0.4) is 0 Å². The summed E-state index contributed by atoms with van der Waals surface area (Å²) in [5, 5.41) is 36.0. The van der Waals surface area contributed by atoms with Crippen molar-refractivity contribution in [1.82, 2.24) is 0 Å². The molecule has 1 aromatic carbocycles. The van der Waals surface area contributed by atoms with E-state index < -0.39 is 30.4 Å². The van der Waals surface area contributed by atoms with Crippen LogP contribution in [0.5, 0.6) is 11.5 Å². The van der Waals surface area contributed by atoms with Crippen LogP contribution in [0.2, 0.25) is 0 Å². The van der Waals surface area contributed by atoms with Crippen LogP contribution in [0.25, 0.3) is 6.08 Å². The molecule has 0 aromatic heterocycles. The zero-order valence-corrected chi connectivity index (χ0v) is 12.0. The van der Waals surface area contributed by atoms with Gasteiger partial charge in [0.2, 0.25) is 6.10 Å². The molecule has 1 aliphatic rings. The highest BCUT2D eigenvalue weighted by atomic mass is 16.6. The molecular weight excluding hydrogens is 292 g/mol. The highest BCUT2D eigenvalue weighted by Gasteiger charge is 2.41. The second-order valence-corrected chi connectivity index (χ2v) is 5.12. The van der Waals surface area contributed by atoms with Crippen molar-refractivity contribution in [3.8, 4) is 11.5 Å². The molecule has 7 heteroatoms. The number of hydrogen-bond donors (Lipinski definition) is 3. The predicted octanol–water partition coefficient (Wildman–Crippen LogP) is -0.104. The first-order valence-electron chi connectivity index (χ1n) is 6.80. The summed E-state index contributed by atoms with van der Waals surface area (Å²) in [4.78, 5) is 11.8. The fourth-order valence-electron chi connectivity index (χ4n) is 2.10. The van der Waals surface area contributed by atoms with Crippen LogP contribution in [0.1, 0.15) is 12.5 Å². The van der Waals surface area contributed by atoms with Crippen molar-refractivity contribution >= 4 is 12.0 Å². The average Bonchev–Trinajstić information content (AvgIpc) is 2.49. The molecule has 4 atom stereocenters. The summed E-state index contributed by atoms with van der Waals surface area (Å²) in [6.07, 6.45) is -0.807. The molecule has 2 rings (SSSR count). The van der Waals surface area contributed by atoms with Crippen molar-refractivity contribution in [3.63, 3.8) is 0 Å². The minimum absolute atomic E-state index is 0.0962. The summed E-state index contributed by atoms with van der Waals surface area (Å²) < 4.78 is 10.4. The number of aromatic hydroxyl groups is 2. The van der Waals surface area contributed by atoms with Gasteiger partial charge in [-0.15, -0.1) is 0 Å². The minimum atomic E-state index is -1.10. The standard InChI is InChI=1S/C15H18O7/c1-8-15(14(20)12(18)7-21-8)22-13(19)5-3-9-2-4-10(16)11(17)6-9/h2-6,8,12,14-18,20H,7H2,1H3/p+1/b5-3+. The van der Waals surface area contributed by atoms with Gasteiger partial charge in [-0.05, 0) is 30.7 Å². The van der Waals surface area contributed by atoms with E-state index in [-0.39, 0.29) is 18.1 Å². The Bertz CT molecular complexity index is 569. The van der Waals surface area contributed by atoms with E-state index in [4.69, 9.17) is 14.6 Å². The van der Waals surface area contributed by atoms with Gasteiger partial charge in [0.05, 0.1) is 6.10 Å². The Morgan fingerprint density at radius 2 is 2.14 bits per heavy atom. The van der Waals surface area contributed by atoms with Gasteiger partial charge in [-0.1, -0.05) is 6.07 Å². The van der Waals surface area contributed by atoms with E-state index in [1.807, 2.05) is 0 Å². The number of carbonyl (C=O) groups is 1. The molecule has 4 unspecified atom stereocenters. The fraction of sp³-hybridized carbons (Fsp3) is 0.400. The van der Waals surface area contributed by atoms with E-state index in [0.717, 1.165) is 6.08 Å². The Hall–Kier alpha value is -2.09. The first-order valence-corrected chi connectivity index (χ1v) is 6.80. The molecule has 0 saturated carbocycles. The maximum Gasteiger partial charge on any atom is 0.331 e. The van der Waals surface area contributed by atoms with Crippen molar-refractivity contribution in [2.75, 3.05) is 6.61 Å². The van der Waals surface area contributed by atoms with Crippen LogP contribution in [-0.2, 0) is 14.3 Å². The van der Waals surface area contributed by atoms with Gasteiger partial charge in [-0.2, -0.15) is 0 Å². The number of esters is 1. The van der Waals surface area contributed by atoms with Crippen LogP contribution < -0.4 is 0 Å². The Morgan fingerprint density at radius 1 is 1.41 bits per heavy atom. The highest BCUT2D eigenvalue weighted by molar-refractivity contribution is 5.87. The lowest BCUT2D eigenvalue weighted by atomic mass is 10.0. The maximum absolute atomic E-state index is 11.8. The molecule has 120 valence electrons. The second kappa shape index (κ2) is 6.78. The summed E-state index contributed by atoms with van der Waals surface area (Å²) in [6, 6.07) is 4.10. The van der Waals surface area contributed by atoms with E-state index in [0.29, 0.717) is 5.56 Å². The lowest BCUT2D eigenvalue weighted by molar-refractivity contribution is -0.201. The smallest absolute Gasteiger partial charge is 0.331 e. The summed E-state index contributed by atoms with van der Waals surface area (Å²) in [5.74, 6) is -1.24. The molecule has 0 radical (unpaired) electrons. The Kier molecular flexibility index (Phi) is 5.02. The number of rotatable bonds is 3. The zero-order chi connectivity index (χ0) is 16.3. The van der Waals surface area contributed by atoms with Gasteiger partial charge in [-0.25, -0.2) is 4.79 Å². The first-order chi connectivity index (χ1) is 10.4. The van der Waals surface area contributed by atoms with Gasteiger partial charge >= 0.3 is 5.97 Å². The molecule has 22 heavy (non-hydrogen) atoms. The molecule has 1 aliphatic heterocycles. The number of benzene rings is 1. The fourth-order valence-corrected chi connectivity index (χ4v) is 2.10. The third kappa shape index (κ3) is 3.76. The third-order valence-electron chi connectivity index (χ3n) is 3.41. The quantitative estimate of drug-likeness (QED) is 0.310. The Labute approximate surface area is 127 Å². The van der Waals surface area contributed by atoms with Gasteiger partial charge in [0.15, 0.2) is 23.7 Å². The lowest BCUT2D eigenvalue weighted by Crippen LogP contribution is -2.53. The number of carbonyl (C=O) groups excluding carboxylic acids is 1. The van der Waals surface area contributed by atoms with Gasteiger partial charge in [0, 0.05) is 6.08 Å². The summed E-state index contributed by atoms with van der Waals surface area (Å²) >= 11 is 0. The van der Waals surface area contributed by atoms with Crippen molar-refractivity contribution in [3.05, 3.63) is 29.8 Å². The Balaban J connectivity index is 1.99. The van der Waals surface area contributed by atoms with Crippen LogP contribution >= 0.6 is 0 Å². The van der Waals surface area contributed by atoms with E-state index >= 15 is 0 Å². The molecule has 0 aliphatic carbocycles. The van der Waals surface area contributed by atoms with E-state index in [9.17, 15) is 20.1 Å². The second-order valence-electron chi connectivity index (χ2n) is 5.12. The monoisotopic (exact) mass is 311 g/mol. The van der Waals surface area contributed by atoms with Crippen molar-refractivity contribution in [2.24, 2.45) is 0 Å². The number of aliphatic hydroxyl groups excluding tert-OH is 1. The molecule has 0 amide bonds. The largest absolute Gasteiger partial charge is 0.504 e. The molecular formula is C15H19O7+. The van der Waals surface area contributed by atoms with Crippen molar-refractivity contribution in [2.45, 2.75) is 31.3 Å². The van der Waals surface area contributed by atoms with E-state index in [1.54, 1.807) is 6.92 Å². The number of aliphatic hydroxyl groups is 1. The van der Waals surface area contributed by atoms with Gasteiger partial charge in [-0.3, -0.25) is 0 Å². The molecule has 1 heterocycles. The lowest BCUT2D eigenvalue weighted by Gasteiger charge is -2.33. The van der Waals surface area contributed by atoms with Crippen LogP contribution in [-0.4, -0.2) is 57.4 Å². The summed E-state index contributed by atoms with van der Waals surface area (Å²) in [7, 11) is 0. The van der Waals surface area contributed by atoms with E-state index in [1.165, 1.54) is 24.3 Å². The third-order valence-corrected chi connectivity index (χ3v) is 3.41. The minimum Gasteiger partial charge on any atom is -0.504 e. The number of ether oxygens (including phenoxy) is 2. The summed E-state index contributed by atoms with van der Waals surface area (Å²) in [5.41, 5.74) is 0.499. The molecule has 7 nitrogen and oxygen atoms in total. The van der Waals surface area contributed by atoms with Crippen molar-refractivity contribution < 1.29 is 34.7 Å². The van der Waals surface area contributed by atoms with Gasteiger partial charge < -0.3 is 29.9 Å². The van der Waals surface area contributed by atoms with Crippen LogP contribution in [0.15, 0.2) is 24.3 Å². The van der Waals surface area contributed by atoms with Gasteiger partial charge in [0.1, 0.15) is 6.61 Å². The Morgan fingerprint density at radius 3 is 2.82 bits per heavy atom. The van der Waals surface area contributed by atoms with E-state index in [2.05, 4.69) is 0 Å². The molecule has 0 spiro atoms. The van der Waals surface area contributed by atoms with Crippen LogP contribution in [0.4, 0.5) is 0 Å². The SMILES string of the molecule is CC1OCC([OH2+])C(O)C1OC(=O)/C=C/c1ccc(O)c(O)c1. The van der Waals surface area contributed by atoms with Crippen molar-refractivity contribution in [1.29, 1.82) is 0 Å². The number of phenols is 2. The topological polar surface area (TPSA) is 119 Å². The normalized spacial score (nSPS) is 28.7. The molecule has 5 N–H and O–H groups in total.